The highest BCUT2D eigenvalue weighted by Gasteiger charge is 2.34. The number of benzene rings is 3. The van der Waals surface area contributed by atoms with Crippen molar-refractivity contribution >= 4 is 32.6 Å². The van der Waals surface area contributed by atoms with Crippen molar-refractivity contribution in [3.05, 3.63) is 108 Å². The van der Waals surface area contributed by atoms with Crippen LogP contribution in [0, 0.1) is 12.7 Å². The van der Waals surface area contributed by atoms with Crippen LogP contribution < -0.4 is 5.32 Å². The number of halogens is 1. The highest BCUT2D eigenvalue weighted by Crippen LogP contribution is 2.23. The van der Waals surface area contributed by atoms with Crippen LogP contribution in [0.5, 0.6) is 0 Å². The molecule has 2 unspecified atom stereocenters. The summed E-state index contributed by atoms with van der Waals surface area (Å²) >= 11 is 0. The minimum atomic E-state index is -4.54. The fourth-order valence-corrected chi connectivity index (χ4v) is 6.16. The number of carbonyl (C=O) groups is 2. The Bertz CT molecular complexity index is 1680. The van der Waals surface area contributed by atoms with Crippen LogP contribution in [0.15, 0.2) is 90.0 Å². The topological polar surface area (TPSA) is 140 Å². The lowest BCUT2D eigenvalue weighted by Crippen LogP contribution is -2.52. The van der Waals surface area contributed by atoms with Gasteiger partial charge in [-0.1, -0.05) is 60.7 Å². The first-order chi connectivity index (χ1) is 20.0. The van der Waals surface area contributed by atoms with Crippen LogP contribution in [0.25, 0.3) is 10.8 Å². The van der Waals surface area contributed by atoms with E-state index in [9.17, 15) is 32.7 Å². The Morgan fingerprint density at radius 2 is 1.71 bits per heavy atom. The second kappa shape index (κ2) is 13.2. The van der Waals surface area contributed by atoms with Gasteiger partial charge in [0.1, 0.15) is 11.5 Å². The van der Waals surface area contributed by atoms with Crippen LogP contribution >= 0.6 is 0 Å². The highest BCUT2D eigenvalue weighted by molar-refractivity contribution is 7.89. The summed E-state index contributed by atoms with van der Waals surface area (Å²) in [6, 6.07) is 20.1. The molecule has 4 aromatic rings. The monoisotopic (exact) mass is 594 g/mol. The number of nitrogens with zero attached hydrogens (tertiary/aromatic N) is 3. The first-order valence-corrected chi connectivity index (χ1v) is 14.5. The number of amides is 2. The van der Waals surface area contributed by atoms with Crippen molar-refractivity contribution < 1.29 is 32.7 Å². The van der Waals surface area contributed by atoms with Gasteiger partial charge in [0, 0.05) is 25.2 Å². The van der Waals surface area contributed by atoms with Crippen molar-refractivity contribution in [1.29, 1.82) is 0 Å². The number of likely N-dealkylation sites (N-methyl/N-ethyl adjacent to an activating group) is 1. The third kappa shape index (κ3) is 7.15. The largest absolute Gasteiger partial charge is 0.390 e. The zero-order valence-electron chi connectivity index (χ0n) is 23.0. The number of aromatic nitrogens is 1. The summed E-state index contributed by atoms with van der Waals surface area (Å²) in [5, 5.41) is 25.5. The molecule has 0 saturated carbocycles. The van der Waals surface area contributed by atoms with Crippen LogP contribution in [0.2, 0.25) is 0 Å². The molecule has 3 aromatic carbocycles. The van der Waals surface area contributed by atoms with Gasteiger partial charge in [0.2, 0.25) is 10.0 Å². The van der Waals surface area contributed by atoms with Gasteiger partial charge in [-0.25, -0.2) is 17.9 Å². The number of aliphatic hydroxyl groups excluding tert-OH is 1. The predicted octanol–water partition coefficient (Wildman–Crippen LogP) is 2.92. The summed E-state index contributed by atoms with van der Waals surface area (Å²) in [6.45, 7) is -0.0334. The summed E-state index contributed by atoms with van der Waals surface area (Å²) in [5.74, 6) is -2.38. The quantitative estimate of drug-likeness (QED) is 0.179. The standard InChI is InChI=1S/C30H31FN4O6S/c1-20-12-13-23(31)17-27(20)42(40,41)35(19-28(37)34(2)39)18-26(36)25(16-21-8-4-3-5-9-21)33-30(38)29-24-11-7-6-10-22(24)14-15-32-29/h3-15,17,25-26,36,39H,16,18-19H2,1-2H3,(H,33,38). The molecule has 0 fully saturated rings. The third-order valence-electron chi connectivity index (χ3n) is 6.80. The number of hydrogen-bond donors (Lipinski definition) is 3. The third-order valence-corrected chi connectivity index (χ3v) is 8.75. The van der Waals surface area contributed by atoms with Gasteiger partial charge in [-0.15, -0.1) is 0 Å². The second-order valence-corrected chi connectivity index (χ2v) is 11.7. The molecule has 3 N–H and O–H groups in total. The molecule has 0 aliphatic heterocycles. The molecule has 0 aliphatic carbocycles. The normalized spacial score (nSPS) is 13.1. The molecule has 0 radical (unpaired) electrons. The smallest absolute Gasteiger partial charge is 0.270 e. The molecule has 1 aromatic heterocycles. The Kier molecular flexibility index (Phi) is 9.63. The molecule has 0 aliphatic rings. The van der Waals surface area contributed by atoms with Crippen LogP contribution in [-0.4, -0.2) is 77.2 Å². The van der Waals surface area contributed by atoms with Crippen LogP contribution in [0.4, 0.5) is 4.39 Å². The van der Waals surface area contributed by atoms with Crippen molar-refractivity contribution in [3.63, 3.8) is 0 Å². The maximum atomic E-state index is 14.1. The Balaban J connectivity index is 1.69. The van der Waals surface area contributed by atoms with Gasteiger partial charge >= 0.3 is 0 Å². The van der Waals surface area contributed by atoms with E-state index in [0.29, 0.717) is 9.69 Å². The zero-order chi connectivity index (χ0) is 30.4. The second-order valence-electron chi connectivity index (χ2n) is 9.84. The van der Waals surface area contributed by atoms with Gasteiger partial charge in [0.25, 0.3) is 11.8 Å². The van der Waals surface area contributed by atoms with E-state index < -0.39 is 57.8 Å². The molecular weight excluding hydrogens is 563 g/mol. The van der Waals surface area contributed by atoms with E-state index in [0.717, 1.165) is 30.1 Å². The summed E-state index contributed by atoms with van der Waals surface area (Å²) in [4.78, 5) is 29.7. The fourth-order valence-electron chi connectivity index (χ4n) is 4.52. The minimum Gasteiger partial charge on any atom is -0.390 e. The SMILES string of the molecule is Cc1ccc(F)cc1S(=O)(=O)N(CC(=O)N(C)O)CC(O)C(Cc1ccccc1)NC(=O)c1nccc2ccccc12. The van der Waals surface area contributed by atoms with E-state index in [2.05, 4.69) is 10.3 Å². The molecule has 220 valence electrons. The van der Waals surface area contributed by atoms with Gasteiger partial charge in [-0.2, -0.15) is 4.31 Å². The molecule has 12 heteroatoms. The molecule has 1 heterocycles. The van der Waals surface area contributed by atoms with Gasteiger partial charge in [0.05, 0.1) is 23.6 Å². The average molecular weight is 595 g/mol. The van der Waals surface area contributed by atoms with E-state index in [1.54, 1.807) is 48.5 Å². The Labute approximate surface area is 243 Å². The molecular formula is C30H31FN4O6S. The number of nitrogens with one attached hydrogen (secondary N) is 1. The summed E-state index contributed by atoms with van der Waals surface area (Å²) in [6.07, 6.45) is 0.0655. The van der Waals surface area contributed by atoms with Crippen molar-refractivity contribution in [3.8, 4) is 0 Å². The zero-order valence-corrected chi connectivity index (χ0v) is 23.8. The van der Waals surface area contributed by atoms with Crippen LogP contribution in [-0.2, 0) is 21.2 Å². The number of pyridine rings is 1. The summed E-state index contributed by atoms with van der Waals surface area (Å²) < 4.78 is 42.1. The number of aryl methyl sites for hydroxylation is 1. The number of hydrogen-bond acceptors (Lipinski definition) is 7. The lowest BCUT2D eigenvalue weighted by molar-refractivity contribution is -0.159. The molecule has 10 nitrogen and oxygen atoms in total. The van der Waals surface area contributed by atoms with Crippen molar-refractivity contribution in [2.24, 2.45) is 0 Å². The van der Waals surface area contributed by atoms with E-state index in [4.69, 9.17) is 0 Å². The van der Waals surface area contributed by atoms with Crippen LogP contribution in [0.3, 0.4) is 0 Å². The number of fused-ring (bicyclic) bond motifs is 1. The first-order valence-electron chi connectivity index (χ1n) is 13.1. The lowest BCUT2D eigenvalue weighted by atomic mass is 10.0. The number of aliphatic hydroxyl groups is 1. The van der Waals surface area contributed by atoms with Gasteiger partial charge in [0.15, 0.2) is 0 Å². The molecule has 0 spiro atoms. The van der Waals surface area contributed by atoms with Gasteiger partial charge < -0.3 is 10.4 Å². The molecule has 4 rings (SSSR count). The Hall–Kier alpha value is -4.23. The van der Waals surface area contributed by atoms with Crippen molar-refractivity contribution in [1.82, 2.24) is 19.7 Å². The number of hydroxylamine groups is 2. The molecule has 42 heavy (non-hydrogen) atoms. The van der Waals surface area contributed by atoms with E-state index in [1.165, 1.54) is 19.2 Å². The summed E-state index contributed by atoms with van der Waals surface area (Å²) in [7, 11) is -3.51. The average Bonchev–Trinajstić information content (AvgIpc) is 2.97. The first kappa shape index (κ1) is 30.7. The highest BCUT2D eigenvalue weighted by atomic mass is 32.2. The van der Waals surface area contributed by atoms with Crippen LogP contribution in [0.1, 0.15) is 21.6 Å². The van der Waals surface area contributed by atoms with Crippen molar-refractivity contribution in [2.45, 2.75) is 30.4 Å². The lowest BCUT2D eigenvalue weighted by Gasteiger charge is -2.30. The number of sulfonamides is 1. The fraction of sp³-hybridized carbons (Fsp3) is 0.233. The van der Waals surface area contributed by atoms with Crippen molar-refractivity contribution in [2.75, 3.05) is 20.1 Å². The maximum Gasteiger partial charge on any atom is 0.270 e. The Morgan fingerprint density at radius 3 is 2.43 bits per heavy atom. The number of rotatable bonds is 11. The van der Waals surface area contributed by atoms with Gasteiger partial charge in [-0.05, 0) is 48.1 Å². The molecule has 0 saturated heterocycles. The summed E-state index contributed by atoms with van der Waals surface area (Å²) in [5.41, 5.74) is 1.08. The van der Waals surface area contributed by atoms with E-state index in [1.807, 2.05) is 12.1 Å². The van der Waals surface area contributed by atoms with E-state index >= 15 is 0 Å². The molecule has 0 bridgehead atoms. The van der Waals surface area contributed by atoms with E-state index in [-0.39, 0.29) is 22.7 Å². The van der Waals surface area contributed by atoms with Gasteiger partial charge in [-0.3, -0.25) is 19.8 Å². The molecule has 2 atom stereocenters. The maximum absolute atomic E-state index is 14.1. The Morgan fingerprint density at radius 1 is 1.02 bits per heavy atom. The number of carbonyl (C=O) groups excluding carboxylic acids is 2. The molecule has 2 amide bonds. The predicted molar refractivity (Wildman–Crippen MR) is 154 cm³/mol. The minimum absolute atomic E-state index is 0.110.